The van der Waals surface area contributed by atoms with Gasteiger partial charge in [-0.3, -0.25) is 4.79 Å². The maximum Gasteiger partial charge on any atom is 0.253 e. The zero-order valence-corrected chi connectivity index (χ0v) is 10.7. The van der Waals surface area contributed by atoms with Gasteiger partial charge in [0, 0.05) is 10.6 Å². The van der Waals surface area contributed by atoms with Crippen molar-refractivity contribution in [3.63, 3.8) is 0 Å². The number of nitrogens with two attached hydrogens (primary N) is 1. The second-order valence-electron chi connectivity index (χ2n) is 3.94. The Bertz CT molecular complexity index is 580. The molecule has 0 aliphatic heterocycles. The zero-order valence-electron chi connectivity index (χ0n) is 9.87. The summed E-state index contributed by atoms with van der Waals surface area (Å²) < 4.78 is 13.1. The highest BCUT2D eigenvalue weighted by atomic mass is 32.1. The minimum absolute atomic E-state index is 0.171. The molecule has 0 fully saturated rings. The molecule has 5 heteroatoms. The predicted molar refractivity (Wildman–Crippen MR) is 71.0 cm³/mol. The largest absolute Gasteiger partial charge is 0.398 e. The van der Waals surface area contributed by atoms with E-state index in [4.69, 9.17) is 5.73 Å². The molecule has 0 bridgehead atoms. The van der Waals surface area contributed by atoms with Gasteiger partial charge in [0.15, 0.2) is 0 Å². The fourth-order valence-corrected chi connectivity index (χ4v) is 2.41. The molecule has 0 saturated heterocycles. The third kappa shape index (κ3) is 2.68. The number of hydrogen-bond donors (Lipinski definition) is 2. The molecular formula is C13H13FN2OS. The van der Waals surface area contributed by atoms with Gasteiger partial charge in [-0.2, -0.15) is 0 Å². The van der Waals surface area contributed by atoms with Crippen LogP contribution in [0.15, 0.2) is 29.6 Å². The average molecular weight is 264 g/mol. The van der Waals surface area contributed by atoms with Gasteiger partial charge in [0.1, 0.15) is 5.82 Å². The molecule has 1 amide bonds. The quantitative estimate of drug-likeness (QED) is 0.837. The summed E-state index contributed by atoms with van der Waals surface area (Å²) >= 11 is 1.57. The molecule has 0 aliphatic carbocycles. The van der Waals surface area contributed by atoms with Crippen LogP contribution in [0.3, 0.4) is 0 Å². The molecule has 1 heterocycles. The van der Waals surface area contributed by atoms with Crippen molar-refractivity contribution in [2.24, 2.45) is 0 Å². The summed E-state index contributed by atoms with van der Waals surface area (Å²) in [6, 6.07) is 5.75. The standard InChI is InChI=1S/C13H13FN2OS/c1-8-4-5-18-12(8)7-16-13(17)10-6-9(14)2-3-11(10)15/h2-6H,7,15H2,1H3,(H,16,17). The van der Waals surface area contributed by atoms with Gasteiger partial charge in [-0.15, -0.1) is 11.3 Å². The van der Waals surface area contributed by atoms with Gasteiger partial charge >= 0.3 is 0 Å². The summed E-state index contributed by atoms with van der Waals surface area (Å²) in [4.78, 5) is 13.0. The molecule has 2 rings (SSSR count). The van der Waals surface area contributed by atoms with E-state index in [1.807, 2.05) is 18.4 Å². The van der Waals surface area contributed by atoms with Gasteiger partial charge in [-0.1, -0.05) is 0 Å². The van der Waals surface area contributed by atoms with Crippen molar-refractivity contribution in [1.29, 1.82) is 0 Å². The summed E-state index contributed by atoms with van der Waals surface area (Å²) in [6.07, 6.45) is 0. The molecule has 1 aromatic heterocycles. The molecule has 3 nitrogen and oxygen atoms in total. The highest BCUT2D eigenvalue weighted by Gasteiger charge is 2.11. The van der Waals surface area contributed by atoms with E-state index in [2.05, 4.69) is 5.32 Å². The van der Waals surface area contributed by atoms with Crippen LogP contribution in [0.4, 0.5) is 10.1 Å². The lowest BCUT2D eigenvalue weighted by Gasteiger charge is -2.07. The molecule has 1 aromatic carbocycles. The lowest BCUT2D eigenvalue weighted by atomic mass is 10.1. The van der Waals surface area contributed by atoms with Gasteiger partial charge in [0.25, 0.3) is 5.91 Å². The lowest BCUT2D eigenvalue weighted by Crippen LogP contribution is -2.23. The Kier molecular flexibility index (Phi) is 3.62. The maximum atomic E-state index is 13.1. The van der Waals surface area contributed by atoms with E-state index in [0.717, 1.165) is 16.5 Å². The third-order valence-electron chi connectivity index (χ3n) is 2.64. The number of aryl methyl sites for hydroxylation is 1. The maximum absolute atomic E-state index is 13.1. The topological polar surface area (TPSA) is 55.1 Å². The minimum atomic E-state index is -0.471. The number of carbonyl (C=O) groups excluding carboxylic acids is 1. The molecule has 0 radical (unpaired) electrons. The van der Waals surface area contributed by atoms with Crippen LogP contribution in [0.5, 0.6) is 0 Å². The summed E-state index contributed by atoms with van der Waals surface area (Å²) in [5.41, 5.74) is 7.22. The molecule has 18 heavy (non-hydrogen) atoms. The van der Waals surface area contributed by atoms with Crippen LogP contribution in [0.2, 0.25) is 0 Å². The van der Waals surface area contributed by atoms with E-state index in [-0.39, 0.29) is 17.2 Å². The Morgan fingerprint density at radius 1 is 1.44 bits per heavy atom. The van der Waals surface area contributed by atoms with Crippen LogP contribution in [0, 0.1) is 12.7 Å². The highest BCUT2D eigenvalue weighted by molar-refractivity contribution is 7.10. The smallest absolute Gasteiger partial charge is 0.253 e. The average Bonchev–Trinajstić information content (AvgIpc) is 2.75. The number of rotatable bonds is 3. The van der Waals surface area contributed by atoms with E-state index in [9.17, 15) is 9.18 Å². The number of carbonyl (C=O) groups is 1. The molecule has 0 spiro atoms. The van der Waals surface area contributed by atoms with Gasteiger partial charge in [0.2, 0.25) is 0 Å². The van der Waals surface area contributed by atoms with Gasteiger partial charge in [-0.05, 0) is 42.1 Å². The van der Waals surface area contributed by atoms with Crippen molar-refractivity contribution in [3.8, 4) is 0 Å². The first kappa shape index (κ1) is 12.6. The van der Waals surface area contributed by atoms with Crippen LogP contribution in [0.25, 0.3) is 0 Å². The van der Waals surface area contributed by atoms with Crippen molar-refractivity contribution in [1.82, 2.24) is 5.32 Å². The number of amides is 1. The SMILES string of the molecule is Cc1ccsc1CNC(=O)c1cc(F)ccc1N. The second kappa shape index (κ2) is 5.18. The van der Waals surface area contributed by atoms with Crippen molar-refractivity contribution in [2.45, 2.75) is 13.5 Å². The lowest BCUT2D eigenvalue weighted by molar-refractivity contribution is 0.0951. The molecule has 3 N–H and O–H groups in total. The molecule has 0 saturated carbocycles. The first-order valence-corrected chi connectivity index (χ1v) is 6.32. The number of nitrogen functional groups attached to an aromatic ring is 1. The van der Waals surface area contributed by atoms with E-state index in [1.54, 1.807) is 11.3 Å². The first-order chi connectivity index (χ1) is 8.58. The fraction of sp³-hybridized carbons (Fsp3) is 0.154. The molecule has 0 atom stereocenters. The molecule has 2 aromatic rings. The number of anilines is 1. The van der Waals surface area contributed by atoms with Crippen LogP contribution in [0.1, 0.15) is 20.8 Å². The summed E-state index contributed by atoms with van der Waals surface area (Å²) in [5, 5.41) is 4.70. The Hall–Kier alpha value is -1.88. The van der Waals surface area contributed by atoms with Crippen molar-refractivity contribution in [2.75, 3.05) is 5.73 Å². The number of benzene rings is 1. The number of thiophene rings is 1. The van der Waals surface area contributed by atoms with E-state index in [1.165, 1.54) is 12.1 Å². The van der Waals surface area contributed by atoms with Gasteiger partial charge < -0.3 is 11.1 Å². The van der Waals surface area contributed by atoms with Gasteiger partial charge in [-0.25, -0.2) is 4.39 Å². The third-order valence-corrected chi connectivity index (χ3v) is 3.66. The van der Waals surface area contributed by atoms with Crippen molar-refractivity contribution in [3.05, 3.63) is 51.5 Å². The second-order valence-corrected chi connectivity index (χ2v) is 4.94. The van der Waals surface area contributed by atoms with Crippen LogP contribution < -0.4 is 11.1 Å². The normalized spacial score (nSPS) is 10.3. The van der Waals surface area contributed by atoms with E-state index in [0.29, 0.717) is 6.54 Å². The molecule has 0 unspecified atom stereocenters. The van der Waals surface area contributed by atoms with E-state index < -0.39 is 5.82 Å². The number of halogens is 1. The number of nitrogens with one attached hydrogen (secondary N) is 1. The molecule has 0 aliphatic rings. The zero-order chi connectivity index (χ0) is 13.1. The molecule has 94 valence electrons. The Balaban J connectivity index is 2.08. The monoisotopic (exact) mass is 264 g/mol. The van der Waals surface area contributed by atoms with Crippen LogP contribution in [-0.4, -0.2) is 5.91 Å². The Morgan fingerprint density at radius 2 is 2.22 bits per heavy atom. The fourth-order valence-electron chi connectivity index (χ4n) is 1.57. The van der Waals surface area contributed by atoms with Crippen molar-refractivity contribution >= 4 is 22.9 Å². The summed E-state index contributed by atoms with van der Waals surface area (Å²) in [7, 11) is 0. The van der Waals surface area contributed by atoms with Crippen molar-refractivity contribution < 1.29 is 9.18 Å². The van der Waals surface area contributed by atoms with Gasteiger partial charge in [0.05, 0.1) is 12.1 Å². The minimum Gasteiger partial charge on any atom is -0.398 e. The predicted octanol–water partition coefficient (Wildman–Crippen LogP) is 2.71. The van der Waals surface area contributed by atoms with E-state index >= 15 is 0 Å². The Morgan fingerprint density at radius 3 is 2.89 bits per heavy atom. The summed E-state index contributed by atoms with van der Waals surface area (Å²) in [6.45, 7) is 2.41. The highest BCUT2D eigenvalue weighted by Crippen LogP contribution is 2.16. The number of hydrogen-bond acceptors (Lipinski definition) is 3. The summed E-state index contributed by atoms with van der Waals surface area (Å²) in [5.74, 6) is -0.832. The van der Waals surface area contributed by atoms with Crippen LogP contribution >= 0.6 is 11.3 Å². The van der Waals surface area contributed by atoms with Crippen LogP contribution in [-0.2, 0) is 6.54 Å². The molecular weight excluding hydrogens is 251 g/mol. The first-order valence-electron chi connectivity index (χ1n) is 5.44. The Labute approximate surface area is 108 Å².